The monoisotopic (exact) mass is 283 g/mol. The van der Waals surface area contributed by atoms with Gasteiger partial charge in [0.1, 0.15) is 0 Å². The van der Waals surface area contributed by atoms with Crippen molar-refractivity contribution in [2.45, 2.75) is 13.3 Å². The molecule has 1 amide bonds. The zero-order chi connectivity index (χ0) is 15.2. The fraction of sp³-hybridized carbons (Fsp3) is 0.176. The Morgan fingerprint density at radius 1 is 1.10 bits per heavy atom. The molecule has 0 aliphatic rings. The third kappa shape index (κ3) is 3.92. The second kappa shape index (κ2) is 6.70. The van der Waals surface area contributed by atoms with E-state index in [9.17, 15) is 9.59 Å². The number of nitrogens with one attached hydrogen (secondary N) is 1. The lowest BCUT2D eigenvalue weighted by Gasteiger charge is -2.08. The number of benzene rings is 2. The molecule has 0 aliphatic heterocycles. The van der Waals surface area contributed by atoms with Crippen LogP contribution in [0.3, 0.4) is 0 Å². The van der Waals surface area contributed by atoms with Crippen LogP contribution in [-0.4, -0.2) is 23.5 Å². The first-order chi connectivity index (χ1) is 10.1. The van der Waals surface area contributed by atoms with Gasteiger partial charge in [0.15, 0.2) is 0 Å². The molecule has 21 heavy (non-hydrogen) atoms. The average molecular weight is 283 g/mol. The van der Waals surface area contributed by atoms with Crippen LogP contribution in [0, 0.1) is 6.92 Å². The van der Waals surface area contributed by atoms with E-state index in [2.05, 4.69) is 5.32 Å². The van der Waals surface area contributed by atoms with Crippen LogP contribution in [0.1, 0.15) is 31.8 Å². The molecule has 4 heteroatoms. The third-order valence-corrected chi connectivity index (χ3v) is 3.21. The molecule has 2 N–H and O–H groups in total. The smallest absolute Gasteiger partial charge is 0.335 e. The Morgan fingerprint density at radius 2 is 1.86 bits per heavy atom. The summed E-state index contributed by atoms with van der Waals surface area (Å²) in [7, 11) is 0. The van der Waals surface area contributed by atoms with Crippen molar-refractivity contribution in [1.82, 2.24) is 5.32 Å². The Labute approximate surface area is 123 Å². The van der Waals surface area contributed by atoms with Gasteiger partial charge in [-0.25, -0.2) is 4.79 Å². The van der Waals surface area contributed by atoms with Gasteiger partial charge in [-0.2, -0.15) is 0 Å². The van der Waals surface area contributed by atoms with E-state index in [1.54, 1.807) is 30.3 Å². The summed E-state index contributed by atoms with van der Waals surface area (Å²) in [6.45, 7) is 2.33. The molecular formula is C17H17NO3. The highest BCUT2D eigenvalue weighted by molar-refractivity contribution is 5.94. The van der Waals surface area contributed by atoms with Crippen molar-refractivity contribution in [1.29, 1.82) is 0 Å². The van der Waals surface area contributed by atoms with E-state index in [1.165, 1.54) is 0 Å². The van der Waals surface area contributed by atoms with E-state index in [0.717, 1.165) is 11.1 Å². The number of carboxylic acids is 1. The maximum atomic E-state index is 12.0. The summed E-state index contributed by atoms with van der Waals surface area (Å²) < 4.78 is 0. The molecule has 0 heterocycles. The molecule has 108 valence electrons. The second-order valence-corrected chi connectivity index (χ2v) is 4.84. The van der Waals surface area contributed by atoms with Crippen LogP contribution < -0.4 is 5.32 Å². The maximum Gasteiger partial charge on any atom is 0.335 e. The zero-order valence-corrected chi connectivity index (χ0v) is 11.8. The highest BCUT2D eigenvalue weighted by Crippen LogP contribution is 2.09. The van der Waals surface area contributed by atoms with Gasteiger partial charge in [0.2, 0.25) is 0 Å². The Morgan fingerprint density at radius 3 is 2.57 bits per heavy atom. The molecule has 0 radical (unpaired) electrons. The van der Waals surface area contributed by atoms with Crippen LogP contribution in [-0.2, 0) is 6.42 Å². The van der Waals surface area contributed by atoms with E-state index in [-0.39, 0.29) is 11.5 Å². The molecule has 0 bridgehead atoms. The summed E-state index contributed by atoms with van der Waals surface area (Å²) in [4.78, 5) is 23.1. The Balaban J connectivity index is 1.96. The molecule has 0 saturated carbocycles. The van der Waals surface area contributed by atoms with Gasteiger partial charge in [-0.05, 0) is 37.1 Å². The van der Waals surface area contributed by atoms with Gasteiger partial charge in [-0.1, -0.05) is 35.9 Å². The number of carbonyl (C=O) groups excluding carboxylic acids is 1. The highest BCUT2D eigenvalue weighted by atomic mass is 16.4. The molecule has 0 fully saturated rings. The number of carboxylic acid groups (broad SMARTS) is 1. The van der Waals surface area contributed by atoms with Crippen LogP contribution in [0.15, 0.2) is 48.5 Å². The van der Waals surface area contributed by atoms with Gasteiger partial charge in [0.25, 0.3) is 5.91 Å². The summed E-state index contributed by atoms with van der Waals surface area (Å²) in [5.41, 5.74) is 2.64. The molecule has 0 aromatic heterocycles. The Kier molecular flexibility index (Phi) is 4.72. The summed E-state index contributed by atoms with van der Waals surface area (Å²) in [5, 5.41) is 11.9. The van der Waals surface area contributed by atoms with Gasteiger partial charge < -0.3 is 10.4 Å². The summed E-state index contributed by atoms with van der Waals surface area (Å²) in [5.74, 6) is -1.10. The molecule has 4 nitrogen and oxygen atoms in total. The largest absolute Gasteiger partial charge is 0.478 e. The molecular weight excluding hydrogens is 266 g/mol. The summed E-state index contributed by atoms with van der Waals surface area (Å²) in [6, 6.07) is 14.2. The lowest BCUT2D eigenvalue weighted by Crippen LogP contribution is -2.26. The van der Waals surface area contributed by atoms with Gasteiger partial charge in [-0.15, -0.1) is 0 Å². The normalized spacial score (nSPS) is 10.1. The SMILES string of the molecule is Cc1cccc(C(=O)NCCc2ccccc2C(=O)O)c1. The van der Waals surface area contributed by atoms with Crippen molar-refractivity contribution < 1.29 is 14.7 Å². The minimum atomic E-state index is -0.949. The fourth-order valence-corrected chi connectivity index (χ4v) is 2.15. The maximum absolute atomic E-state index is 12.0. The van der Waals surface area contributed by atoms with Crippen molar-refractivity contribution in [2.24, 2.45) is 0 Å². The lowest BCUT2D eigenvalue weighted by molar-refractivity contribution is 0.0695. The molecule has 0 unspecified atom stereocenters. The van der Waals surface area contributed by atoms with Gasteiger partial charge >= 0.3 is 5.97 Å². The topological polar surface area (TPSA) is 66.4 Å². The predicted octanol–water partition coefficient (Wildman–Crippen LogP) is 2.67. The number of rotatable bonds is 5. The molecule has 2 aromatic rings. The lowest BCUT2D eigenvalue weighted by atomic mass is 10.0. The summed E-state index contributed by atoms with van der Waals surface area (Å²) in [6.07, 6.45) is 0.486. The van der Waals surface area contributed by atoms with Gasteiger partial charge in [0, 0.05) is 12.1 Å². The molecule has 2 rings (SSSR count). The second-order valence-electron chi connectivity index (χ2n) is 4.84. The Hall–Kier alpha value is -2.62. The first-order valence-corrected chi connectivity index (χ1v) is 6.74. The average Bonchev–Trinajstić information content (AvgIpc) is 2.47. The molecule has 0 aliphatic carbocycles. The van der Waals surface area contributed by atoms with Crippen LogP contribution in [0.4, 0.5) is 0 Å². The van der Waals surface area contributed by atoms with Crippen LogP contribution >= 0.6 is 0 Å². The van der Waals surface area contributed by atoms with E-state index >= 15 is 0 Å². The highest BCUT2D eigenvalue weighted by Gasteiger charge is 2.09. The number of aryl methyl sites for hydroxylation is 1. The molecule has 0 spiro atoms. The van der Waals surface area contributed by atoms with Gasteiger partial charge in [-0.3, -0.25) is 4.79 Å². The first-order valence-electron chi connectivity index (χ1n) is 6.74. The van der Waals surface area contributed by atoms with Crippen LogP contribution in [0.2, 0.25) is 0 Å². The third-order valence-electron chi connectivity index (χ3n) is 3.21. The standard InChI is InChI=1S/C17H17NO3/c1-12-5-4-7-14(11-12)16(19)18-10-9-13-6-2-3-8-15(13)17(20)21/h2-8,11H,9-10H2,1H3,(H,18,19)(H,20,21). The first kappa shape index (κ1) is 14.8. The van der Waals surface area contributed by atoms with Crippen molar-refractivity contribution >= 4 is 11.9 Å². The Bertz CT molecular complexity index is 665. The number of carbonyl (C=O) groups is 2. The van der Waals surface area contributed by atoms with Crippen LogP contribution in [0.5, 0.6) is 0 Å². The number of aromatic carboxylic acids is 1. The van der Waals surface area contributed by atoms with Crippen molar-refractivity contribution in [2.75, 3.05) is 6.54 Å². The van der Waals surface area contributed by atoms with Gasteiger partial charge in [0.05, 0.1) is 5.56 Å². The molecule has 0 saturated heterocycles. The minimum absolute atomic E-state index is 0.147. The zero-order valence-electron chi connectivity index (χ0n) is 11.8. The number of hydrogen-bond donors (Lipinski definition) is 2. The quantitative estimate of drug-likeness (QED) is 0.886. The van der Waals surface area contributed by atoms with E-state index in [4.69, 9.17) is 5.11 Å². The number of amides is 1. The fourth-order valence-electron chi connectivity index (χ4n) is 2.15. The van der Waals surface area contributed by atoms with Crippen molar-refractivity contribution in [3.05, 3.63) is 70.8 Å². The number of hydrogen-bond acceptors (Lipinski definition) is 2. The summed E-state index contributed by atoms with van der Waals surface area (Å²) >= 11 is 0. The van der Waals surface area contributed by atoms with Crippen LogP contribution in [0.25, 0.3) is 0 Å². The minimum Gasteiger partial charge on any atom is -0.478 e. The molecule has 2 aromatic carbocycles. The molecule has 0 atom stereocenters. The van der Waals surface area contributed by atoms with Crippen molar-refractivity contribution in [3.8, 4) is 0 Å². The van der Waals surface area contributed by atoms with E-state index < -0.39 is 5.97 Å². The van der Waals surface area contributed by atoms with E-state index in [1.807, 2.05) is 25.1 Å². The van der Waals surface area contributed by atoms with Crippen molar-refractivity contribution in [3.63, 3.8) is 0 Å². The van der Waals surface area contributed by atoms with E-state index in [0.29, 0.717) is 18.5 Å². The predicted molar refractivity (Wildman–Crippen MR) is 80.6 cm³/mol.